The second kappa shape index (κ2) is 7.28. The molecule has 0 aromatic rings. The number of hydrogen-bond acceptors (Lipinski definition) is 4. The molecule has 1 saturated heterocycles. The second-order valence-corrected chi connectivity index (χ2v) is 6.92. The van der Waals surface area contributed by atoms with Crippen LogP contribution in [-0.4, -0.2) is 35.3 Å². The number of nitrogens with zero attached hydrogens (tertiary/aromatic N) is 1. The Balaban J connectivity index is 1.66. The molecule has 3 unspecified atom stereocenters. The topological polar surface area (TPSA) is 70.5 Å². The van der Waals surface area contributed by atoms with Crippen LogP contribution < -0.4 is 0 Å². The maximum Gasteiger partial charge on any atom is 0.316 e. The van der Waals surface area contributed by atoms with E-state index in [4.69, 9.17) is 10.1 Å². The minimum atomic E-state index is -0.341. The van der Waals surface area contributed by atoms with Gasteiger partial charge in [0.2, 0.25) is 11.8 Å². The SMILES string of the molecule is N=C1OC(=O)C2CC2/C=C\CCCCCCC(=O)N2CCCC12. The number of carbonyl (C=O) groups is 2. The first-order chi connectivity index (χ1) is 11.2. The van der Waals surface area contributed by atoms with Crippen LogP contribution in [0.1, 0.15) is 57.8 Å². The zero-order chi connectivity index (χ0) is 16.2. The van der Waals surface area contributed by atoms with Gasteiger partial charge < -0.3 is 9.64 Å². The summed E-state index contributed by atoms with van der Waals surface area (Å²) in [5.74, 6) is -0.0437. The number of allylic oxidation sites excluding steroid dienone is 2. The number of rotatable bonds is 0. The Labute approximate surface area is 137 Å². The Hall–Kier alpha value is -1.65. The molecule has 0 aromatic heterocycles. The first kappa shape index (κ1) is 16.2. The molecule has 1 amide bonds. The molecule has 2 fully saturated rings. The molecular weight excluding hydrogens is 292 g/mol. The van der Waals surface area contributed by atoms with E-state index in [1.54, 1.807) is 4.90 Å². The Bertz CT molecular complexity index is 514. The Morgan fingerprint density at radius 3 is 2.83 bits per heavy atom. The van der Waals surface area contributed by atoms with Gasteiger partial charge in [0.05, 0.1) is 5.92 Å². The predicted octanol–water partition coefficient (Wildman–Crippen LogP) is 3.04. The molecule has 5 heteroatoms. The fourth-order valence-electron chi connectivity index (χ4n) is 3.59. The van der Waals surface area contributed by atoms with Crippen LogP contribution in [0.4, 0.5) is 0 Å². The fraction of sp³-hybridized carbons (Fsp3) is 0.722. The van der Waals surface area contributed by atoms with E-state index >= 15 is 0 Å². The summed E-state index contributed by atoms with van der Waals surface area (Å²) < 4.78 is 5.28. The van der Waals surface area contributed by atoms with Gasteiger partial charge >= 0.3 is 5.97 Å². The van der Waals surface area contributed by atoms with Gasteiger partial charge in [0, 0.05) is 13.0 Å². The molecule has 5 nitrogen and oxygen atoms in total. The van der Waals surface area contributed by atoms with E-state index in [0.29, 0.717) is 13.0 Å². The Morgan fingerprint density at radius 2 is 1.96 bits per heavy atom. The molecule has 0 aromatic carbocycles. The summed E-state index contributed by atoms with van der Waals surface area (Å²) in [6.07, 6.45) is 12.6. The van der Waals surface area contributed by atoms with Gasteiger partial charge in [0.25, 0.3) is 0 Å². The molecule has 3 atom stereocenters. The van der Waals surface area contributed by atoms with Gasteiger partial charge in [0.1, 0.15) is 6.04 Å². The smallest absolute Gasteiger partial charge is 0.316 e. The lowest BCUT2D eigenvalue weighted by atomic mass is 10.1. The summed E-state index contributed by atoms with van der Waals surface area (Å²) >= 11 is 0. The lowest BCUT2D eigenvalue weighted by molar-refractivity contribution is -0.139. The van der Waals surface area contributed by atoms with Crippen molar-refractivity contribution < 1.29 is 14.3 Å². The molecule has 0 bridgehead atoms. The average Bonchev–Trinajstić information content (AvgIpc) is 3.13. The van der Waals surface area contributed by atoms with Crippen LogP contribution in [0.2, 0.25) is 0 Å². The van der Waals surface area contributed by atoms with Crippen LogP contribution in [0.3, 0.4) is 0 Å². The third-order valence-electron chi connectivity index (χ3n) is 5.12. The van der Waals surface area contributed by atoms with Crippen LogP contribution in [0.15, 0.2) is 12.2 Å². The Kier molecular flexibility index (Phi) is 5.13. The summed E-state index contributed by atoms with van der Waals surface area (Å²) in [6, 6.07) is -0.341. The van der Waals surface area contributed by atoms with Gasteiger partial charge in [-0.1, -0.05) is 25.0 Å². The molecule has 1 aliphatic carbocycles. The van der Waals surface area contributed by atoms with E-state index < -0.39 is 0 Å². The van der Waals surface area contributed by atoms with Gasteiger partial charge in [-0.25, -0.2) is 0 Å². The standard InChI is InChI=1S/C18H26N2O3/c19-17-15-9-7-11-20(15)16(21)10-6-4-2-1-3-5-8-13-12-14(13)18(22)23-17/h5,8,13-15,19H,1-4,6-7,9-12H2/b8-5-,19-17?. The maximum absolute atomic E-state index is 12.4. The van der Waals surface area contributed by atoms with Crippen LogP contribution in [0.5, 0.6) is 0 Å². The molecule has 3 aliphatic rings. The lowest BCUT2D eigenvalue weighted by Gasteiger charge is -2.24. The van der Waals surface area contributed by atoms with Crippen LogP contribution >= 0.6 is 0 Å². The number of fused-ring (bicyclic) bond motifs is 2. The van der Waals surface area contributed by atoms with E-state index in [1.807, 2.05) is 0 Å². The summed E-state index contributed by atoms with van der Waals surface area (Å²) in [5.41, 5.74) is 0. The van der Waals surface area contributed by atoms with Crippen molar-refractivity contribution in [3.8, 4) is 0 Å². The monoisotopic (exact) mass is 318 g/mol. The molecule has 3 rings (SSSR count). The van der Waals surface area contributed by atoms with Gasteiger partial charge in [0.15, 0.2) is 0 Å². The average molecular weight is 318 g/mol. The number of ether oxygens (including phenoxy) is 1. The lowest BCUT2D eigenvalue weighted by Crippen LogP contribution is -2.41. The number of nitrogens with one attached hydrogen (secondary N) is 1. The Morgan fingerprint density at radius 1 is 1.13 bits per heavy atom. The summed E-state index contributed by atoms with van der Waals surface area (Å²) in [6.45, 7) is 0.679. The molecule has 0 radical (unpaired) electrons. The highest BCUT2D eigenvalue weighted by molar-refractivity contribution is 5.94. The van der Waals surface area contributed by atoms with Crippen LogP contribution in [0.25, 0.3) is 0 Å². The quantitative estimate of drug-likeness (QED) is 0.551. The maximum atomic E-state index is 12.4. The first-order valence-corrected chi connectivity index (χ1v) is 8.93. The number of hydrogen-bond donors (Lipinski definition) is 1. The van der Waals surface area contributed by atoms with E-state index in [9.17, 15) is 9.59 Å². The molecule has 1 saturated carbocycles. The second-order valence-electron chi connectivity index (χ2n) is 6.92. The largest absolute Gasteiger partial charge is 0.410 e. The number of carbonyl (C=O) groups excluding carboxylic acids is 2. The molecule has 2 heterocycles. The van der Waals surface area contributed by atoms with Crippen LogP contribution in [0, 0.1) is 17.2 Å². The number of esters is 1. The van der Waals surface area contributed by atoms with Crippen molar-refractivity contribution in [2.24, 2.45) is 11.8 Å². The highest BCUT2D eigenvalue weighted by Crippen LogP contribution is 2.41. The molecule has 23 heavy (non-hydrogen) atoms. The number of cyclic esters (lactones) is 1. The van der Waals surface area contributed by atoms with Crippen LogP contribution in [-0.2, 0) is 14.3 Å². The number of amides is 1. The van der Waals surface area contributed by atoms with E-state index in [-0.39, 0.29) is 35.7 Å². The third-order valence-corrected chi connectivity index (χ3v) is 5.12. The zero-order valence-corrected chi connectivity index (χ0v) is 13.6. The van der Waals surface area contributed by atoms with Gasteiger partial charge in [-0.2, -0.15) is 0 Å². The molecule has 2 aliphatic heterocycles. The third kappa shape index (κ3) is 4.01. The van der Waals surface area contributed by atoms with Gasteiger partial charge in [-0.15, -0.1) is 0 Å². The molecule has 0 spiro atoms. The summed E-state index contributed by atoms with van der Waals surface area (Å²) in [5, 5.41) is 8.10. The van der Waals surface area contributed by atoms with Crippen molar-refractivity contribution in [3.05, 3.63) is 12.2 Å². The zero-order valence-electron chi connectivity index (χ0n) is 13.6. The predicted molar refractivity (Wildman–Crippen MR) is 87.0 cm³/mol. The highest BCUT2D eigenvalue weighted by atomic mass is 16.5. The summed E-state index contributed by atoms with van der Waals surface area (Å²) in [4.78, 5) is 26.2. The van der Waals surface area contributed by atoms with E-state index in [1.165, 1.54) is 0 Å². The minimum absolute atomic E-state index is 0.0393. The van der Waals surface area contributed by atoms with Crippen molar-refractivity contribution in [1.82, 2.24) is 4.90 Å². The molecular formula is C18H26N2O3. The van der Waals surface area contributed by atoms with Gasteiger partial charge in [-0.3, -0.25) is 15.0 Å². The van der Waals surface area contributed by atoms with Crippen molar-refractivity contribution >= 4 is 17.8 Å². The normalized spacial score (nSPS) is 34.5. The fourth-order valence-corrected chi connectivity index (χ4v) is 3.59. The van der Waals surface area contributed by atoms with E-state index in [0.717, 1.165) is 51.4 Å². The summed E-state index contributed by atoms with van der Waals surface area (Å²) in [7, 11) is 0. The first-order valence-electron chi connectivity index (χ1n) is 8.93. The van der Waals surface area contributed by atoms with Gasteiger partial charge in [-0.05, 0) is 44.4 Å². The minimum Gasteiger partial charge on any atom is -0.410 e. The highest BCUT2D eigenvalue weighted by Gasteiger charge is 2.44. The van der Waals surface area contributed by atoms with Crippen molar-refractivity contribution in [1.29, 1.82) is 5.41 Å². The van der Waals surface area contributed by atoms with Crippen molar-refractivity contribution in [2.45, 2.75) is 63.8 Å². The van der Waals surface area contributed by atoms with Crippen molar-refractivity contribution in [2.75, 3.05) is 6.54 Å². The van der Waals surface area contributed by atoms with E-state index in [2.05, 4.69) is 12.2 Å². The molecule has 1 N–H and O–H groups in total. The van der Waals surface area contributed by atoms with Crippen molar-refractivity contribution in [3.63, 3.8) is 0 Å². The molecule has 126 valence electrons.